The molecule has 3 rings (SSSR count). The lowest BCUT2D eigenvalue weighted by molar-refractivity contribution is -0.139. The Kier molecular flexibility index (Phi) is 7.89. The fourth-order valence-corrected chi connectivity index (χ4v) is 4.58. The van der Waals surface area contributed by atoms with Crippen LogP contribution < -0.4 is 9.64 Å². The van der Waals surface area contributed by atoms with Crippen molar-refractivity contribution in [1.29, 1.82) is 0 Å². The number of halogens is 1. The number of ether oxygens (including phenoxy) is 1. The van der Waals surface area contributed by atoms with Crippen molar-refractivity contribution in [3.63, 3.8) is 0 Å². The lowest BCUT2D eigenvalue weighted by Crippen LogP contribution is -2.32. The third-order valence-electron chi connectivity index (χ3n) is 5.92. The van der Waals surface area contributed by atoms with Gasteiger partial charge in [0.05, 0.1) is 29.3 Å². The summed E-state index contributed by atoms with van der Waals surface area (Å²) in [6.07, 6.45) is 0.686. The Labute approximate surface area is 206 Å². The van der Waals surface area contributed by atoms with Crippen LogP contribution in [0.5, 0.6) is 5.75 Å². The summed E-state index contributed by atoms with van der Waals surface area (Å²) in [5, 5.41) is 11.7. The van der Waals surface area contributed by atoms with E-state index in [2.05, 4.69) is 0 Å². The van der Waals surface area contributed by atoms with Crippen LogP contribution in [-0.4, -0.2) is 75.0 Å². The van der Waals surface area contributed by atoms with Gasteiger partial charge in [0.15, 0.2) is 0 Å². The predicted molar refractivity (Wildman–Crippen MR) is 136 cm³/mol. The van der Waals surface area contributed by atoms with Gasteiger partial charge < -0.3 is 24.5 Å². The van der Waals surface area contributed by atoms with E-state index in [1.807, 2.05) is 69.2 Å². The molecule has 182 valence electrons. The number of Topliss-reactive ketones (excluding diaryl/α,β-unsaturated/α-hetero) is 1. The molecule has 1 saturated heterocycles. The van der Waals surface area contributed by atoms with Crippen LogP contribution >= 0.6 is 11.6 Å². The average molecular weight is 486 g/mol. The number of aliphatic hydroxyl groups is 1. The summed E-state index contributed by atoms with van der Waals surface area (Å²) in [5.41, 5.74) is 2.84. The summed E-state index contributed by atoms with van der Waals surface area (Å²) >= 11 is 6.35. The fraction of sp³-hybridized carbons (Fsp3) is 0.385. The van der Waals surface area contributed by atoms with E-state index < -0.39 is 17.7 Å². The normalized spacial score (nSPS) is 17.5. The number of hydrogen-bond acceptors (Lipinski definition) is 6. The van der Waals surface area contributed by atoms with Crippen LogP contribution in [0, 0.1) is 6.92 Å². The van der Waals surface area contributed by atoms with Gasteiger partial charge in [0, 0.05) is 26.3 Å². The number of aryl methyl sites for hydroxylation is 1. The molecule has 1 N–H and O–H groups in total. The van der Waals surface area contributed by atoms with Crippen molar-refractivity contribution in [1.82, 2.24) is 9.80 Å². The highest BCUT2D eigenvalue weighted by molar-refractivity contribution is 6.46. The molecule has 1 fully saturated rings. The van der Waals surface area contributed by atoms with Crippen molar-refractivity contribution >= 4 is 34.7 Å². The highest BCUT2D eigenvalue weighted by atomic mass is 35.5. The topological polar surface area (TPSA) is 73.3 Å². The standard InChI is InChI=1S/C26H32ClN3O4/c1-16-14-19(25(34-6)20(27)15-16)23(31)21-22(17-8-10-18(11-9-17)29(4)5)30(26(33)24(21)32)13-7-12-28(2)3/h8-11,14-15,22,31H,7,12-13H2,1-6H3/b23-21+. The molecule has 1 unspecified atom stereocenters. The largest absolute Gasteiger partial charge is 0.507 e. The molecule has 1 aliphatic heterocycles. The highest BCUT2D eigenvalue weighted by Gasteiger charge is 2.46. The van der Waals surface area contributed by atoms with Crippen molar-refractivity contribution in [2.45, 2.75) is 19.4 Å². The number of amides is 1. The summed E-state index contributed by atoms with van der Waals surface area (Å²) in [6, 6.07) is 10.3. The van der Waals surface area contributed by atoms with Gasteiger partial charge in [0.2, 0.25) is 0 Å². The first-order valence-electron chi connectivity index (χ1n) is 11.1. The first-order chi connectivity index (χ1) is 16.1. The molecule has 1 aliphatic rings. The van der Waals surface area contributed by atoms with Gasteiger partial charge in [-0.05, 0) is 69.4 Å². The van der Waals surface area contributed by atoms with Gasteiger partial charge in [0.1, 0.15) is 11.5 Å². The van der Waals surface area contributed by atoms with Crippen molar-refractivity contribution in [2.75, 3.05) is 53.3 Å². The van der Waals surface area contributed by atoms with E-state index in [0.717, 1.165) is 23.4 Å². The second kappa shape index (κ2) is 10.5. The highest BCUT2D eigenvalue weighted by Crippen LogP contribution is 2.43. The maximum Gasteiger partial charge on any atom is 0.295 e. The number of methoxy groups -OCH3 is 1. The van der Waals surface area contributed by atoms with Crippen molar-refractivity contribution in [3.05, 3.63) is 63.7 Å². The molecule has 2 aromatic carbocycles. The number of rotatable bonds is 8. The summed E-state index contributed by atoms with van der Waals surface area (Å²) < 4.78 is 5.43. The number of likely N-dealkylation sites (tertiary alicyclic amines) is 1. The molecule has 0 spiro atoms. The molecule has 0 radical (unpaired) electrons. The molecule has 2 aromatic rings. The van der Waals surface area contributed by atoms with E-state index in [1.165, 1.54) is 7.11 Å². The van der Waals surface area contributed by atoms with E-state index in [9.17, 15) is 14.7 Å². The molecule has 8 heteroatoms. The molecule has 34 heavy (non-hydrogen) atoms. The zero-order valence-electron chi connectivity index (χ0n) is 20.6. The summed E-state index contributed by atoms with van der Waals surface area (Å²) in [6.45, 7) is 2.97. The third kappa shape index (κ3) is 5.05. The molecular formula is C26H32ClN3O4. The smallest absolute Gasteiger partial charge is 0.295 e. The van der Waals surface area contributed by atoms with Crippen molar-refractivity contribution in [2.24, 2.45) is 0 Å². The molecule has 0 aromatic heterocycles. The monoisotopic (exact) mass is 485 g/mol. The van der Waals surface area contributed by atoms with E-state index in [4.69, 9.17) is 16.3 Å². The molecule has 1 amide bonds. The van der Waals surface area contributed by atoms with Gasteiger partial charge in [0.25, 0.3) is 11.7 Å². The number of benzene rings is 2. The number of anilines is 1. The molecule has 1 atom stereocenters. The van der Waals surface area contributed by atoms with Gasteiger partial charge in [-0.1, -0.05) is 23.7 Å². The maximum atomic E-state index is 13.3. The number of nitrogens with zero attached hydrogens (tertiary/aromatic N) is 3. The van der Waals surface area contributed by atoms with Crippen LogP contribution in [0.3, 0.4) is 0 Å². The first-order valence-corrected chi connectivity index (χ1v) is 11.5. The summed E-state index contributed by atoms with van der Waals surface area (Å²) in [4.78, 5) is 31.9. The Balaban J connectivity index is 2.19. The van der Waals surface area contributed by atoms with Gasteiger partial charge in [-0.3, -0.25) is 9.59 Å². The van der Waals surface area contributed by atoms with E-state index in [1.54, 1.807) is 17.0 Å². The van der Waals surface area contributed by atoms with E-state index >= 15 is 0 Å². The Bertz CT molecular complexity index is 1110. The zero-order chi connectivity index (χ0) is 25.2. The summed E-state index contributed by atoms with van der Waals surface area (Å²) in [5.74, 6) is -1.38. The SMILES string of the molecule is COc1c(Cl)cc(C)cc1/C(O)=C1\C(=O)C(=O)N(CCCN(C)C)C1c1ccc(N(C)C)cc1. The van der Waals surface area contributed by atoms with Crippen LogP contribution in [0.4, 0.5) is 5.69 Å². The van der Waals surface area contributed by atoms with Crippen LogP contribution in [0.25, 0.3) is 5.76 Å². The molecular weight excluding hydrogens is 454 g/mol. The molecule has 0 aliphatic carbocycles. The van der Waals surface area contributed by atoms with Crippen molar-refractivity contribution < 1.29 is 19.4 Å². The Hall–Kier alpha value is -3.03. The minimum absolute atomic E-state index is 0.0347. The number of ketones is 1. The Morgan fingerprint density at radius 1 is 1.12 bits per heavy atom. The molecule has 0 saturated carbocycles. The van der Waals surface area contributed by atoms with Gasteiger partial charge >= 0.3 is 0 Å². The minimum Gasteiger partial charge on any atom is -0.507 e. The Morgan fingerprint density at radius 2 is 1.76 bits per heavy atom. The lowest BCUT2D eigenvalue weighted by Gasteiger charge is -2.26. The first kappa shape index (κ1) is 25.6. The van der Waals surface area contributed by atoms with Gasteiger partial charge in [-0.25, -0.2) is 0 Å². The van der Waals surface area contributed by atoms with Crippen LogP contribution in [0.15, 0.2) is 42.0 Å². The molecule has 7 nitrogen and oxygen atoms in total. The second-order valence-electron chi connectivity index (χ2n) is 8.96. The Morgan fingerprint density at radius 3 is 2.32 bits per heavy atom. The van der Waals surface area contributed by atoms with Gasteiger partial charge in [-0.15, -0.1) is 0 Å². The number of carbonyl (C=O) groups is 2. The zero-order valence-corrected chi connectivity index (χ0v) is 21.3. The molecule has 0 bridgehead atoms. The summed E-state index contributed by atoms with van der Waals surface area (Å²) in [7, 11) is 9.25. The molecule has 1 heterocycles. The average Bonchev–Trinajstić information content (AvgIpc) is 3.03. The number of carbonyl (C=O) groups excluding carboxylic acids is 2. The van der Waals surface area contributed by atoms with Crippen LogP contribution in [0.2, 0.25) is 5.02 Å². The van der Waals surface area contributed by atoms with Crippen LogP contribution in [-0.2, 0) is 9.59 Å². The van der Waals surface area contributed by atoms with Gasteiger partial charge in [-0.2, -0.15) is 0 Å². The third-order valence-corrected chi connectivity index (χ3v) is 6.20. The minimum atomic E-state index is -0.720. The maximum absolute atomic E-state index is 13.3. The number of aliphatic hydroxyl groups excluding tert-OH is 1. The van der Waals surface area contributed by atoms with Crippen LogP contribution in [0.1, 0.15) is 29.2 Å². The van der Waals surface area contributed by atoms with Crippen molar-refractivity contribution in [3.8, 4) is 5.75 Å². The number of hydrogen-bond donors (Lipinski definition) is 1. The predicted octanol–water partition coefficient (Wildman–Crippen LogP) is 4.10. The van der Waals surface area contributed by atoms with E-state index in [-0.39, 0.29) is 22.6 Å². The second-order valence-corrected chi connectivity index (χ2v) is 9.37. The van der Waals surface area contributed by atoms with E-state index in [0.29, 0.717) is 18.0 Å². The quantitative estimate of drug-likeness (QED) is 0.345. The lowest BCUT2D eigenvalue weighted by atomic mass is 9.94. The fourth-order valence-electron chi connectivity index (χ4n) is 4.23.